The fourth-order valence-corrected chi connectivity index (χ4v) is 2.18. The third-order valence-electron chi connectivity index (χ3n) is 2.70. The second-order valence-corrected chi connectivity index (χ2v) is 4.77. The van der Waals surface area contributed by atoms with E-state index in [1.807, 2.05) is 0 Å². The number of methoxy groups -OCH3 is 1. The maximum absolute atomic E-state index is 13.4. The summed E-state index contributed by atoms with van der Waals surface area (Å²) < 4.78 is 31.8. The third-order valence-corrected chi connectivity index (χ3v) is 3.49. The smallest absolute Gasteiger partial charge is 0.142 e. The SMILES string of the molecule is COc1ccc(F)cc1C(Cl)c1ccc(Cl)c(F)c1. The molecule has 0 spiro atoms. The molecule has 0 aliphatic rings. The Hall–Kier alpha value is -1.32. The first-order valence-corrected chi connectivity index (χ1v) is 6.27. The predicted octanol–water partition coefficient (Wildman–Crippen LogP) is 4.96. The predicted molar refractivity (Wildman–Crippen MR) is 72.1 cm³/mol. The van der Waals surface area contributed by atoms with Crippen LogP contribution in [0.25, 0.3) is 0 Å². The molecule has 1 nitrogen and oxygen atoms in total. The van der Waals surface area contributed by atoms with Gasteiger partial charge < -0.3 is 4.74 Å². The van der Waals surface area contributed by atoms with Crippen LogP contribution >= 0.6 is 23.2 Å². The summed E-state index contributed by atoms with van der Waals surface area (Å²) in [6.45, 7) is 0. The number of hydrogen-bond acceptors (Lipinski definition) is 1. The summed E-state index contributed by atoms with van der Waals surface area (Å²) in [6, 6.07) is 8.24. The van der Waals surface area contributed by atoms with Crippen LogP contribution in [0.1, 0.15) is 16.5 Å². The van der Waals surface area contributed by atoms with Crippen molar-refractivity contribution in [1.82, 2.24) is 0 Å². The molecule has 0 bridgehead atoms. The summed E-state index contributed by atoms with van der Waals surface area (Å²) in [6.07, 6.45) is 0. The van der Waals surface area contributed by atoms with Gasteiger partial charge in [-0.3, -0.25) is 0 Å². The van der Waals surface area contributed by atoms with Gasteiger partial charge in [-0.2, -0.15) is 0 Å². The molecule has 0 N–H and O–H groups in total. The highest BCUT2D eigenvalue weighted by Gasteiger charge is 2.17. The molecule has 2 rings (SSSR count). The van der Waals surface area contributed by atoms with E-state index in [0.717, 1.165) is 0 Å². The highest BCUT2D eigenvalue weighted by atomic mass is 35.5. The van der Waals surface area contributed by atoms with Gasteiger partial charge in [-0.25, -0.2) is 8.78 Å². The number of alkyl halides is 1. The molecule has 0 aliphatic carbocycles. The van der Waals surface area contributed by atoms with Gasteiger partial charge in [0.25, 0.3) is 0 Å². The van der Waals surface area contributed by atoms with Crippen molar-refractivity contribution in [2.75, 3.05) is 7.11 Å². The van der Waals surface area contributed by atoms with E-state index in [-0.39, 0.29) is 5.02 Å². The summed E-state index contributed by atoms with van der Waals surface area (Å²) in [5.74, 6) is -0.562. The van der Waals surface area contributed by atoms with E-state index in [4.69, 9.17) is 27.9 Å². The molecular formula is C14H10Cl2F2O. The Morgan fingerprint density at radius 1 is 1.11 bits per heavy atom. The average Bonchev–Trinajstić information content (AvgIpc) is 2.41. The quantitative estimate of drug-likeness (QED) is 0.729. The lowest BCUT2D eigenvalue weighted by molar-refractivity contribution is 0.409. The minimum Gasteiger partial charge on any atom is -0.496 e. The average molecular weight is 303 g/mol. The topological polar surface area (TPSA) is 9.23 Å². The molecule has 1 unspecified atom stereocenters. The summed E-state index contributed by atoms with van der Waals surface area (Å²) in [7, 11) is 1.46. The van der Waals surface area contributed by atoms with Crippen molar-refractivity contribution >= 4 is 23.2 Å². The van der Waals surface area contributed by atoms with Crippen LogP contribution in [-0.2, 0) is 0 Å². The molecule has 0 saturated heterocycles. The van der Waals surface area contributed by atoms with Crippen LogP contribution in [0.15, 0.2) is 36.4 Å². The number of benzene rings is 2. The van der Waals surface area contributed by atoms with Gasteiger partial charge in [0.1, 0.15) is 17.4 Å². The first kappa shape index (κ1) is 14.1. The van der Waals surface area contributed by atoms with Gasteiger partial charge in [0, 0.05) is 5.56 Å². The van der Waals surface area contributed by atoms with Crippen LogP contribution in [0.5, 0.6) is 5.75 Å². The molecule has 19 heavy (non-hydrogen) atoms. The maximum Gasteiger partial charge on any atom is 0.142 e. The van der Waals surface area contributed by atoms with Crippen LogP contribution in [0.4, 0.5) is 8.78 Å². The third kappa shape index (κ3) is 2.99. The minimum atomic E-state index is -0.725. The Balaban J connectivity index is 2.45. The Bertz CT molecular complexity index is 602. The number of hydrogen-bond donors (Lipinski definition) is 0. The standard InChI is InChI=1S/C14H10Cl2F2O/c1-19-13-5-3-9(17)7-10(13)14(16)8-2-4-11(15)12(18)6-8/h2-7,14H,1H3. The van der Waals surface area contributed by atoms with E-state index in [2.05, 4.69) is 0 Å². The van der Waals surface area contributed by atoms with Gasteiger partial charge in [-0.15, -0.1) is 11.6 Å². The lowest BCUT2D eigenvalue weighted by Crippen LogP contribution is -1.99. The van der Waals surface area contributed by atoms with Crippen LogP contribution in [0, 0.1) is 11.6 Å². The molecule has 0 fully saturated rings. The largest absolute Gasteiger partial charge is 0.496 e. The van der Waals surface area contributed by atoms with E-state index < -0.39 is 17.0 Å². The normalized spacial score (nSPS) is 12.3. The Kier molecular flexibility index (Phi) is 4.27. The van der Waals surface area contributed by atoms with Crippen molar-refractivity contribution < 1.29 is 13.5 Å². The van der Waals surface area contributed by atoms with Crippen molar-refractivity contribution in [3.8, 4) is 5.75 Å². The summed E-state index contributed by atoms with van der Waals surface area (Å²) in [5, 5.41) is -0.712. The highest BCUT2D eigenvalue weighted by molar-refractivity contribution is 6.30. The molecule has 0 amide bonds. The summed E-state index contributed by atoms with van der Waals surface area (Å²) in [4.78, 5) is 0. The summed E-state index contributed by atoms with van der Waals surface area (Å²) in [5.41, 5.74) is 0.915. The molecule has 5 heteroatoms. The molecule has 2 aromatic rings. The molecule has 1 atom stereocenters. The van der Waals surface area contributed by atoms with Crippen LogP contribution < -0.4 is 4.74 Å². The molecule has 100 valence electrons. The fraction of sp³-hybridized carbons (Fsp3) is 0.143. The zero-order valence-electron chi connectivity index (χ0n) is 9.96. The molecular weight excluding hydrogens is 293 g/mol. The second-order valence-electron chi connectivity index (χ2n) is 3.92. The number of rotatable bonds is 3. The van der Waals surface area contributed by atoms with E-state index in [9.17, 15) is 8.78 Å². The Morgan fingerprint density at radius 3 is 2.47 bits per heavy atom. The first-order valence-electron chi connectivity index (χ1n) is 5.45. The van der Waals surface area contributed by atoms with E-state index in [1.54, 1.807) is 6.07 Å². The van der Waals surface area contributed by atoms with E-state index >= 15 is 0 Å². The number of ether oxygens (including phenoxy) is 1. The van der Waals surface area contributed by atoms with E-state index in [0.29, 0.717) is 16.9 Å². The molecule has 0 aliphatic heterocycles. The minimum absolute atomic E-state index is 0.0128. The lowest BCUT2D eigenvalue weighted by atomic mass is 10.0. The van der Waals surface area contributed by atoms with Crippen LogP contribution in [0.3, 0.4) is 0 Å². The molecule has 2 aromatic carbocycles. The zero-order chi connectivity index (χ0) is 14.0. The summed E-state index contributed by atoms with van der Waals surface area (Å²) >= 11 is 11.9. The van der Waals surface area contributed by atoms with Gasteiger partial charge in [0.15, 0.2) is 0 Å². The van der Waals surface area contributed by atoms with Crippen molar-refractivity contribution in [2.45, 2.75) is 5.38 Å². The monoisotopic (exact) mass is 302 g/mol. The van der Waals surface area contributed by atoms with Crippen molar-refractivity contribution in [1.29, 1.82) is 0 Å². The van der Waals surface area contributed by atoms with E-state index in [1.165, 1.54) is 37.4 Å². The Morgan fingerprint density at radius 2 is 1.84 bits per heavy atom. The molecule has 0 aromatic heterocycles. The highest BCUT2D eigenvalue weighted by Crippen LogP contribution is 2.36. The molecule has 0 saturated carbocycles. The van der Waals surface area contributed by atoms with Gasteiger partial charge >= 0.3 is 0 Å². The van der Waals surface area contributed by atoms with Crippen LogP contribution in [-0.4, -0.2) is 7.11 Å². The van der Waals surface area contributed by atoms with Gasteiger partial charge in [-0.05, 0) is 35.9 Å². The molecule has 0 radical (unpaired) electrons. The first-order chi connectivity index (χ1) is 9.02. The van der Waals surface area contributed by atoms with Crippen molar-refractivity contribution in [3.05, 3.63) is 64.2 Å². The fourth-order valence-electron chi connectivity index (χ4n) is 1.75. The van der Waals surface area contributed by atoms with Gasteiger partial charge in [-0.1, -0.05) is 17.7 Å². The maximum atomic E-state index is 13.4. The zero-order valence-corrected chi connectivity index (χ0v) is 11.5. The van der Waals surface area contributed by atoms with Crippen molar-refractivity contribution in [3.63, 3.8) is 0 Å². The van der Waals surface area contributed by atoms with Crippen LogP contribution in [0.2, 0.25) is 5.02 Å². The van der Waals surface area contributed by atoms with Crippen molar-refractivity contribution in [2.24, 2.45) is 0 Å². The second kappa shape index (κ2) is 5.76. The van der Waals surface area contributed by atoms with Gasteiger partial charge in [0.2, 0.25) is 0 Å². The Labute approximate surface area is 119 Å². The number of halogens is 4. The molecule has 0 heterocycles. The lowest BCUT2D eigenvalue weighted by Gasteiger charge is -2.14. The van der Waals surface area contributed by atoms with Gasteiger partial charge in [0.05, 0.1) is 17.5 Å².